The van der Waals surface area contributed by atoms with Crippen LogP contribution in [0.5, 0.6) is 0 Å². The molecule has 0 spiro atoms. The molecule has 18 heavy (non-hydrogen) atoms. The third-order valence-corrected chi connectivity index (χ3v) is 2.03. The van der Waals surface area contributed by atoms with Crippen molar-refractivity contribution < 1.29 is 13.9 Å². The van der Waals surface area contributed by atoms with E-state index in [1.165, 1.54) is 0 Å². The van der Waals surface area contributed by atoms with Crippen LogP contribution < -0.4 is 5.32 Å². The average Bonchev–Trinajstić information content (AvgIpc) is 2.87. The molecule has 0 unspecified atom stereocenters. The maximum absolute atomic E-state index is 11.1. The van der Waals surface area contributed by atoms with Crippen LogP contribution >= 0.6 is 0 Å². The number of ether oxygens (including phenoxy) is 1. The van der Waals surface area contributed by atoms with Crippen molar-refractivity contribution in [3.63, 3.8) is 0 Å². The molecule has 2 aromatic rings. The largest absolute Gasteiger partial charge is 0.450 e. The summed E-state index contributed by atoms with van der Waals surface area (Å²) < 4.78 is 10.1. The zero-order chi connectivity index (χ0) is 12.8. The Morgan fingerprint density at radius 2 is 2.39 bits per heavy atom. The molecule has 0 aromatic carbocycles. The summed E-state index contributed by atoms with van der Waals surface area (Å²) in [6.45, 7) is 2.18. The van der Waals surface area contributed by atoms with Crippen molar-refractivity contribution in [1.29, 1.82) is 0 Å². The van der Waals surface area contributed by atoms with Gasteiger partial charge in [-0.1, -0.05) is 0 Å². The molecular formula is C11H12N4O3. The van der Waals surface area contributed by atoms with E-state index in [2.05, 4.69) is 20.5 Å². The molecule has 0 atom stereocenters. The molecule has 0 saturated heterocycles. The molecule has 1 N–H and O–H groups in total. The van der Waals surface area contributed by atoms with Gasteiger partial charge in [-0.15, -0.1) is 10.2 Å². The maximum Gasteiger partial charge on any atom is 0.407 e. The fraction of sp³-hybridized carbons (Fsp3) is 0.273. The van der Waals surface area contributed by atoms with Gasteiger partial charge in [0.15, 0.2) is 0 Å². The second-order valence-electron chi connectivity index (χ2n) is 3.32. The van der Waals surface area contributed by atoms with Gasteiger partial charge in [0.1, 0.15) is 0 Å². The molecule has 7 heteroatoms. The Labute approximate surface area is 103 Å². The van der Waals surface area contributed by atoms with Crippen LogP contribution in [0.3, 0.4) is 0 Å². The minimum atomic E-state index is -0.515. The third kappa shape index (κ3) is 3.03. The number of alkyl carbamates (subject to hydrolysis) is 1. The number of carbonyl (C=O) groups excluding carboxylic acids is 1. The Kier molecular flexibility index (Phi) is 3.85. The second kappa shape index (κ2) is 5.76. The Bertz CT molecular complexity index is 512. The first kappa shape index (κ1) is 12.0. The van der Waals surface area contributed by atoms with Gasteiger partial charge in [0.05, 0.1) is 18.7 Å². The lowest BCUT2D eigenvalue weighted by molar-refractivity contribution is 0.150. The maximum atomic E-state index is 11.1. The Morgan fingerprint density at radius 3 is 3.11 bits per heavy atom. The van der Waals surface area contributed by atoms with Crippen LogP contribution in [-0.4, -0.2) is 27.9 Å². The first-order valence-electron chi connectivity index (χ1n) is 5.43. The van der Waals surface area contributed by atoms with Gasteiger partial charge in [0.2, 0.25) is 11.8 Å². The van der Waals surface area contributed by atoms with Crippen LogP contribution in [0.1, 0.15) is 12.8 Å². The molecule has 7 nitrogen and oxygen atoms in total. The summed E-state index contributed by atoms with van der Waals surface area (Å²) in [6, 6.07) is 3.58. The van der Waals surface area contributed by atoms with Gasteiger partial charge in [-0.2, -0.15) is 0 Å². The van der Waals surface area contributed by atoms with E-state index in [1.54, 1.807) is 25.4 Å². The number of carbonyl (C=O) groups is 1. The van der Waals surface area contributed by atoms with Gasteiger partial charge in [0.25, 0.3) is 0 Å². The highest BCUT2D eigenvalue weighted by molar-refractivity contribution is 5.66. The van der Waals surface area contributed by atoms with E-state index in [4.69, 9.17) is 9.15 Å². The smallest absolute Gasteiger partial charge is 0.407 e. The molecule has 0 radical (unpaired) electrons. The van der Waals surface area contributed by atoms with Gasteiger partial charge in [-0.3, -0.25) is 4.98 Å². The Balaban J connectivity index is 1.97. The number of amides is 1. The number of pyridine rings is 1. The Morgan fingerprint density at radius 1 is 1.50 bits per heavy atom. The highest BCUT2D eigenvalue weighted by atomic mass is 16.5. The van der Waals surface area contributed by atoms with E-state index in [0.717, 1.165) is 5.56 Å². The van der Waals surface area contributed by atoms with E-state index in [0.29, 0.717) is 18.4 Å². The van der Waals surface area contributed by atoms with Crippen LogP contribution in [0.2, 0.25) is 0 Å². The molecule has 94 valence electrons. The van der Waals surface area contributed by atoms with E-state index >= 15 is 0 Å². The lowest BCUT2D eigenvalue weighted by Gasteiger charge is -2.01. The first-order valence-corrected chi connectivity index (χ1v) is 5.43. The topological polar surface area (TPSA) is 90.1 Å². The summed E-state index contributed by atoms with van der Waals surface area (Å²) in [5, 5.41) is 10.2. The van der Waals surface area contributed by atoms with Crippen molar-refractivity contribution in [3.8, 4) is 11.5 Å². The number of hydrogen-bond acceptors (Lipinski definition) is 6. The summed E-state index contributed by atoms with van der Waals surface area (Å²) in [7, 11) is 0. The molecule has 0 aliphatic heterocycles. The van der Waals surface area contributed by atoms with Gasteiger partial charge < -0.3 is 14.5 Å². The quantitative estimate of drug-likeness (QED) is 0.878. The van der Waals surface area contributed by atoms with Crippen molar-refractivity contribution in [2.45, 2.75) is 13.5 Å². The lowest BCUT2D eigenvalue weighted by atomic mass is 10.3. The van der Waals surface area contributed by atoms with Crippen molar-refractivity contribution in [3.05, 3.63) is 30.4 Å². The SMILES string of the molecule is CCOC(=O)NCc1nnc(-c2cccnc2)o1. The number of nitrogens with one attached hydrogen (secondary N) is 1. The van der Waals surface area contributed by atoms with E-state index < -0.39 is 6.09 Å². The van der Waals surface area contributed by atoms with Gasteiger partial charge >= 0.3 is 6.09 Å². The van der Waals surface area contributed by atoms with Crippen molar-refractivity contribution in [2.24, 2.45) is 0 Å². The third-order valence-electron chi connectivity index (χ3n) is 2.03. The minimum Gasteiger partial charge on any atom is -0.450 e. The lowest BCUT2D eigenvalue weighted by Crippen LogP contribution is -2.23. The summed E-state index contributed by atoms with van der Waals surface area (Å²) in [5.41, 5.74) is 0.729. The molecule has 0 bridgehead atoms. The van der Waals surface area contributed by atoms with Gasteiger partial charge in [-0.05, 0) is 19.1 Å². The monoisotopic (exact) mass is 248 g/mol. The predicted octanol–water partition coefficient (Wildman–Crippen LogP) is 1.38. The molecule has 0 aliphatic rings. The minimum absolute atomic E-state index is 0.131. The molecule has 2 heterocycles. The zero-order valence-electron chi connectivity index (χ0n) is 9.79. The van der Waals surface area contributed by atoms with Gasteiger partial charge in [0, 0.05) is 12.4 Å². The second-order valence-corrected chi connectivity index (χ2v) is 3.32. The summed E-state index contributed by atoms with van der Waals surface area (Å²) in [6.07, 6.45) is 2.76. The van der Waals surface area contributed by atoms with Crippen LogP contribution in [0.15, 0.2) is 28.9 Å². The van der Waals surface area contributed by atoms with Gasteiger partial charge in [-0.25, -0.2) is 4.79 Å². The number of nitrogens with zero attached hydrogens (tertiary/aromatic N) is 3. The molecule has 2 rings (SSSR count). The standard InChI is InChI=1S/C11H12N4O3/c1-2-17-11(16)13-7-9-14-15-10(18-9)8-4-3-5-12-6-8/h3-6H,2,7H2,1H3,(H,13,16). The fourth-order valence-electron chi connectivity index (χ4n) is 1.26. The predicted molar refractivity (Wildman–Crippen MR) is 61.4 cm³/mol. The highest BCUT2D eigenvalue weighted by Crippen LogP contribution is 2.15. The van der Waals surface area contributed by atoms with E-state index in [1.807, 2.05) is 6.07 Å². The first-order chi connectivity index (χ1) is 8.79. The number of hydrogen-bond donors (Lipinski definition) is 1. The normalized spacial score (nSPS) is 10.1. The van der Waals surface area contributed by atoms with Crippen molar-refractivity contribution in [2.75, 3.05) is 6.61 Å². The summed E-state index contributed by atoms with van der Waals surface area (Å²) in [5.74, 6) is 0.672. The van der Waals surface area contributed by atoms with E-state index in [-0.39, 0.29) is 6.54 Å². The van der Waals surface area contributed by atoms with Crippen LogP contribution in [-0.2, 0) is 11.3 Å². The number of rotatable bonds is 4. The summed E-state index contributed by atoms with van der Waals surface area (Å²) in [4.78, 5) is 15.0. The molecular weight excluding hydrogens is 236 g/mol. The molecule has 1 amide bonds. The molecule has 2 aromatic heterocycles. The summed E-state index contributed by atoms with van der Waals surface area (Å²) >= 11 is 0. The number of aromatic nitrogens is 3. The van der Waals surface area contributed by atoms with E-state index in [9.17, 15) is 4.79 Å². The molecule has 0 saturated carbocycles. The van der Waals surface area contributed by atoms with Crippen LogP contribution in [0, 0.1) is 0 Å². The zero-order valence-corrected chi connectivity index (χ0v) is 9.79. The molecule has 0 fully saturated rings. The highest BCUT2D eigenvalue weighted by Gasteiger charge is 2.09. The van der Waals surface area contributed by atoms with Crippen molar-refractivity contribution >= 4 is 6.09 Å². The van der Waals surface area contributed by atoms with Crippen molar-refractivity contribution in [1.82, 2.24) is 20.5 Å². The molecule has 0 aliphatic carbocycles. The average molecular weight is 248 g/mol. The fourth-order valence-corrected chi connectivity index (χ4v) is 1.26. The van der Waals surface area contributed by atoms with Crippen LogP contribution in [0.25, 0.3) is 11.5 Å². The van der Waals surface area contributed by atoms with Crippen LogP contribution in [0.4, 0.5) is 4.79 Å². The Hall–Kier alpha value is -2.44.